The van der Waals surface area contributed by atoms with Gasteiger partial charge in [0.25, 0.3) is 0 Å². The number of imidazole rings is 1. The van der Waals surface area contributed by atoms with E-state index in [1.54, 1.807) is 13.1 Å². The predicted molar refractivity (Wildman–Crippen MR) is 175 cm³/mol. The normalized spacial score (nSPS) is 14.3. The monoisotopic (exact) mass is 643 g/mol. The number of nitrogens with one attached hydrogen (secondary N) is 4. The molecule has 1 aromatic heterocycles. The van der Waals surface area contributed by atoms with E-state index >= 15 is 0 Å². The number of aromatic nitrogens is 2. The second kappa shape index (κ2) is 16.9. The van der Waals surface area contributed by atoms with Crippen LogP contribution in [0.3, 0.4) is 0 Å². The van der Waals surface area contributed by atoms with Gasteiger partial charge < -0.3 is 35.9 Å². The second-order valence-corrected chi connectivity index (χ2v) is 11.5. The molecule has 248 valence electrons. The van der Waals surface area contributed by atoms with Crippen molar-refractivity contribution in [2.45, 2.75) is 70.4 Å². The molecule has 12 heteroatoms. The summed E-state index contributed by atoms with van der Waals surface area (Å²) in [5, 5.41) is 30.0. The van der Waals surface area contributed by atoms with Crippen LogP contribution >= 0.6 is 0 Å². The van der Waals surface area contributed by atoms with Crippen LogP contribution in [-0.2, 0) is 38.6 Å². The smallest absolute Gasteiger partial charge is 0.408 e. The van der Waals surface area contributed by atoms with Crippen LogP contribution < -0.4 is 16.0 Å². The Morgan fingerprint density at radius 2 is 1.55 bits per heavy atom. The SMILES string of the molecule is CCC(C)[C@H](NC(=O)[C@@H](Cc1c[nH]cn1)NC(=O)[C@H](Cc1cccc2ccccc12)NC(=O)OCc1ccccc1)[C@@H](O)CC(=O)O. The van der Waals surface area contributed by atoms with Crippen molar-refractivity contribution in [1.29, 1.82) is 0 Å². The number of aliphatic hydroxyl groups excluding tert-OH is 1. The van der Waals surface area contributed by atoms with Crippen LogP contribution in [0.5, 0.6) is 0 Å². The maximum atomic E-state index is 14.0. The van der Waals surface area contributed by atoms with Crippen molar-refractivity contribution in [1.82, 2.24) is 25.9 Å². The summed E-state index contributed by atoms with van der Waals surface area (Å²) in [6, 6.07) is 19.3. The molecular weight excluding hydrogens is 602 g/mol. The molecule has 5 atom stereocenters. The molecule has 0 radical (unpaired) electrons. The number of nitrogens with zero attached hydrogens (tertiary/aromatic N) is 1. The van der Waals surface area contributed by atoms with E-state index in [0.29, 0.717) is 12.1 Å². The molecule has 1 unspecified atom stereocenters. The van der Waals surface area contributed by atoms with Gasteiger partial charge in [-0.1, -0.05) is 93.1 Å². The first-order chi connectivity index (χ1) is 22.6. The third kappa shape index (κ3) is 10.1. The third-order valence-corrected chi connectivity index (χ3v) is 8.09. The van der Waals surface area contributed by atoms with Crippen LogP contribution in [0, 0.1) is 5.92 Å². The zero-order chi connectivity index (χ0) is 33.8. The highest BCUT2D eigenvalue weighted by Crippen LogP contribution is 2.20. The van der Waals surface area contributed by atoms with E-state index < -0.39 is 54.5 Å². The number of alkyl carbamates (subject to hydrolysis) is 1. The Morgan fingerprint density at radius 1 is 0.872 bits per heavy atom. The largest absolute Gasteiger partial charge is 0.481 e. The minimum absolute atomic E-state index is 0.00482. The van der Waals surface area contributed by atoms with E-state index in [-0.39, 0.29) is 25.4 Å². The second-order valence-electron chi connectivity index (χ2n) is 11.5. The maximum absolute atomic E-state index is 14.0. The lowest BCUT2D eigenvalue weighted by Gasteiger charge is -2.30. The van der Waals surface area contributed by atoms with Crippen molar-refractivity contribution in [3.63, 3.8) is 0 Å². The molecule has 3 amide bonds. The first kappa shape index (κ1) is 34.6. The van der Waals surface area contributed by atoms with Crippen LogP contribution in [-0.4, -0.2) is 68.3 Å². The maximum Gasteiger partial charge on any atom is 0.408 e. The molecular formula is C35H41N5O7. The number of carboxylic acid groups (broad SMARTS) is 1. The molecule has 0 saturated carbocycles. The van der Waals surface area contributed by atoms with E-state index in [2.05, 4.69) is 25.9 Å². The Bertz CT molecular complexity index is 1620. The third-order valence-electron chi connectivity index (χ3n) is 8.09. The van der Waals surface area contributed by atoms with Crippen LogP contribution in [0.4, 0.5) is 4.79 Å². The van der Waals surface area contributed by atoms with Crippen LogP contribution in [0.1, 0.15) is 43.5 Å². The fraction of sp³-hybridized carbons (Fsp3) is 0.343. The number of aliphatic hydroxyl groups is 1. The number of carbonyl (C=O) groups excluding carboxylic acids is 3. The zero-order valence-electron chi connectivity index (χ0n) is 26.4. The van der Waals surface area contributed by atoms with E-state index in [0.717, 1.165) is 21.9 Å². The van der Waals surface area contributed by atoms with Gasteiger partial charge in [-0.15, -0.1) is 0 Å². The number of benzene rings is 3. The molecule has 47 heavy (non-hydrogen) atoms. The molecule has 3 aromatic carbocycles. The van der Waals surface area contributed by atoms with E-state index in [9.17, 15) is 29.4 Å². The minimum Gasteiger partial charge on any atom is -0.481 e. The molecule has 0 saturated heterocycles. The highest BCUT2D eigenvalue weighted by atomic mass is 16.5. The molecule has 6 N–H and O–H groups in total. The predicted octanol–water partition coefficient (Wildman–Crippen LogP) is 3.49. The number of aliphatic carboxylic acids is 1. The number of carbonyl (C=O) groups is 4. The minimum atomic E-state index is -1.35. The Kier molecular flexibility index (Phi) is 12.5. The number of carboxylic acids is 1. The highest BCUT2D eigenvalue weighted by molar-refractivity contribution is 5.93. The molecule has 4 rings (SSSR count). The summed E-state index contributed by atoms with van der Waals surface area (Å²) >= 11 is 0. The first-order valence-electron chi connectivity index (χ1n) is 15.6. The van der Waals surface area contributed by atoms with Crippen molar-refractivity contribution >= 4 is 34.6 Å². The topological polar surface area (TPSA) is 183 Å². The van der Waals surface area contributed by atoms with Gasteiger partial charge in [0.15, 0.2) is 0 Å². The van der Waals surface area contributed by atoms with E-state index in [1.807, 2.05) is 79.7 Å². The highest BCUT2D eigenvalue weighted by Gasteiger charge is 2.33. The van der Waals surface area contributed by atoms with Crippen molar-refractivity contribution in [3.8, 4) is 0 Å². The van der Waals surface area contributed by atoms with Crippen molar-refractivity contribution < 1.29 is 34.1 Å². The average molecular weight is 644 g/mol. The summed E-state index contributed by atoms with van der Waals surface area (Å²) in [5.74, 6) is -2.75. The molecule has 1 heterocycles. The summed E-state index contributed by atoms with van der Waals surface area (Å²) in [7, 11) is 0. The van der Waals surface area contributed by atoms with E-state index in [1.165, 1.54) is 6.33 Å². The van der Waals surface area contributed by atoms with Gasteiger partial charge in [0.2, 0.25) is 11.8 Å². The summed E-state index contributed by atoms with van der Waals surface area (Å²) in [4.78, 5) is 59.1. The van der Waals surface area contributed by atoms with Gasteiger partial charge >= 0.3 is 12.1 Å². The van der Waals surface area contributed by atoms with Gasteiger partial charge in [-0.3, -0.25) is 14.4 Å². The first-order valence-corrected chi connectivity index (χ1v) is 15.6. The Morgan fingerprint density at radius 3 is 2.26 bits per heavy atom. The number of hydrogen-bond donors (Lipinski definition) is 6. The summed E-state index contributed by atoms with van der Waals surface area (Å²) < 4.78 is 5.42. The molecule has 4 aromatic rings. The van der Waals surface area contributed by atoms with Gasteiger partial charge in [0, 0.05) is 19.0 Å². The fourth-order valence-electron chi connectivity index (χ4n) is 5.34. The molecule has 0 spiro atoms. The lowest BCUT2D eigenvalue weighted by atomic mass is 9.92. The van der Waals surface area contributed by atoms with Gasteiger partial charge in [0.1, 0.15) is 18.7 Å². The Labute approximate surface area is 272 Å². The quantitative estimate of drug-likeness (QED) is 0.107. The molecule has 0 aliphatic carbocycles. The van der Waals surface area contributed by atoms with Crippen molar-refractivity contribution in [2.75, 3.05) is 0 Å². The zero-order valence-corrected chi connectivity index (χ0v) is 26.4. The van der Waals surface area contributed by atoms with Crippen LogP contribution in [0.25, 0.3) is 10.8 Å². The molecule has 0 aliphatic rings. The lowest BCUT2D eigenvalue weighted by Crippen LogP contribution is -2.58. The Balaban J connectivity index is 1.58. The van der Waals surface area contributed by atoms with Crippen LogP contribution in [0.2, 0.25) is 0 Å². The molecule has 0 aliphatic heterocycles. The number of ether oxygens (including phenoxy) is 1. The molecule has 0 fully saturated rings. The summed E-state index contributed by atoms with van der Waals surface area (Å²) in [5.41, 5.74) is 2.06. The summed E-state index contributed by atoms with van der Waals surface area (Å²) in [6.45, 7) is 3.65. The number of fused-ring (bicyclic) bond motifs is 1. The van der Waals surface area contributed by atoms with Gasteiger partial charge in [0.05, 0.1) is 30.6 Å². The standard InChI is InChI=1S/C35H41N5O7/c1-3-22(2)32(30(41)18-31(42)43)40-34(45)29(17-26-19-36-21-37-26)38-33(44)28(39-35(46)47-20-23-10-5-4-6-11-23)16-25-14-9-13-24-12-7-8-15-27(24)25/h4-15,19,21-22,28-30,32,41H,3,16-18,20H2,1-2H3,(H,36,37)(H,38,44)(H,39,46)(H,40,45)(H,42,43)/t22?,28-,29+,30-,32-/m0/s1. The number of hydrogen-bond acceptors (Lipinski definition) is 7. The van der Waals surface area contributed by atoms with Gasteiger partial charge in [-0.05, 0) is 27.8 Å². The number of H-pyrrole nitrogens is 1. The average Bonchev–Trinajstić information content (AvgIpc) is 3.58. The van der Waals surface area contributed by atoms with Gasteiger partial charge in [-0.25, -0.2) is 9.78 Å². The van der Waals surface area contributed by atoms with Gasteiger partial charge in [-0.2, -0.15) is 0 Å². The van der Waals surface area contributed by atoms with Crippen molar-refractivity contribution in [3.05, 3.63) is 102 Å². The fourth-order valence-corrected chi connectivity index (χ4v) is 5.34. The molecule has 12 nitrogen and oxygen atoms in total. The lowest BCUT2D eigenvalue weighted by molar-refractivity contribution is -0.140. The number of amides is 3. The van der Waals surface area contributed by atoms with Crippen LogP contribution in [0.15, 0.2) is 85.3 Å². The van der Waals surface area contributed by atoms with Crippen molar-refractivity contribution in [2.24, 2.45) is 5.92 Å². The summed E-state index contributed by atoms with van der Waals surface area (Å²) in [6.07, 6.45) is 0.945. The number of aromatic amines is 1. The molecule has 0 bridgehead atoms. The Hall–Kier alpha value is -5.23. The number of rotatable bonds is 16. The van der Waals surface area contributed by atoms with E-state index in [4.69, 9.17) is 4.74 Å².